The number of hydrogen-bond acceptors (Lipinski definition) is 3. The van der Waals surface area contributed by atoms with Crippen molar-refractivity contribution in [3.63, 3.8) is 0 Å². The molecule has 0 radical (unpaired) electrons. The Morgan fingerprint density at radius 3 is 2.68 bits per heavy atom. The number of rotatable bonds is 4. The van der Waals surface area contributed by atoms with Crippen LogP contribution in [0.4, 0.5) is 5.82 Å². The fourth-order valence-corrected chi connectivity index (χ4v) is 2.14. The van der Waals surface area contributed by atoms with Crippen LogP contribution in [0.2, 0.25) is 0 Å². The zero-order chi connectivity index (χ0) is 16.3. The van der Waals surface area contributed by atoms with Crippen molar-refractivity contribution >= 4 is 17.8 Å². The summed E-state index contributed by atoms with van der Waals surface area (Å²) in [4.78, 5) is 12.0. The Morgan fingerprint density at radius 2 is 2.09 bits per heavy atom. The maximum absolute atomic E-state index is 12.0. The average molecular weight is 301 g/mol. The summed E-state index contributed by atoms with van der Waals surface area (Å²) in [6, 6.07) is 1.92. The summed E-state index contributed by atoms with van der Waals surface area (Å²) in [5.74, 6) is 0.509. The number of nitrogens with zero attached hydrogens (tertiary/aromatic N) is 4. The molecular formula is C16H23N5O. The lowest BCUT2D eigenvalue weighted by Crippen LogP contribution is -2.11. The number of amides is 1. The maximum atomic E-state index is 12.0. The van der Waals surface area contributed by atoms with Crippen LogP contribution < -0.4 is 5.32 Å². The molecular weight excluding hydrogens is 278 g/mol. The molecule has 6 nitrogen and oxygen atoms in total. The Morgan fingerprint density at radius 1 is 1.36 bits per heavy atom. The molecule has 1 N–H and O–H groups in total. The number of aromatic nitrogens is 4. The van der Waals surface area contributed by atoms with Crippen molar-refractivity contribution in [2.75, 3.05) is 5.32 Å². The third-order valence-electron chi connectivity index (χ3n) is 3.05. The van der Waals surface area contributed by atoms with Gasteiger partial charge >= 0.3 is 0 Å². The third-order valence-corrected chi connectivity index (χ3v) is 3.05. The van der Waals surface area contributed by atoms with Crippen molar-refractivity contribution in [2.24, 2.45) is 19.5 Å². The van der Waals surface area contributed by atoms with Gasteiger partial charge in [0.15, 0.2) is 0 Å². The quantitative estimate of drug-likeness (QED) is 0.882. The van der Waals surface area contributed by atoms with Crippen LogP contribution in [0.25, 0.3) is 6.08 Å². The summed E-state index contributed by atoms with van der Waals surface area (Å²) in [5, 5.41) is 11.3. The molecule has 0 aromatic carbocycles. The molecule has 0 spiro atoms. The van der Waals surface area contributed by atoms with E-state index in [2.05, 4.69) is 36.3 Å². The molecule has 6 heteroatoms. The van der Waals surface area contributed by atoms with Crippen molar-refractivity contribution in [2.45, 2.75) is 27.2 Å². The van der Waals surface area contributed by atoms with Gasteiger partial charge in [0.2, 0.25) is 5.91 Å². The number of nitrogens with one attached hydrogen (secondary N) is 1. The molecule has 0 unspecified atom stereocenters. The first-order valence-corrected chi connectivity index (χ1v) is 7.23. The molecule has 0 aliphatic rings. The van der Waals surface area contributed by atoms with Crippen LogP contribution in [0.5, 0.6) is 0 Å². The third kappa shape index (κ3) is 4.58. The lowest BCUT2D eigenvalue weighted by atomic mass is 9.91. The summed E-state index contributed by atoms with van der Waals surface area (Å²) in [5.41, 5.74) is 2.02. The Labute approximate surface area is 130 Å². The van der Waals surface area contributed by atoms with Crippen LogP contribution in [-0.4, -0.2) is 25.5 Å². The molecule has 0 saturated heterocycles. The first-order chi connectivity index (χ1) is 10.2. The van der Waals surface area contributed by atoms with Gasteiger partial charge in [-0.25, -0.2) is 0 Å². The van der Waals surface area contributed by atoms with Gasteiger partial charge < -0.3 is 5.32 Å². The van der Waals surface area contributed by atoms with E-state index >= 15 is 0 Å². The van der Waals surface area contributed by atoms with Gasteiger partial charge in [0.05, 0.1) is 11.9 Å². The van der Waals surface area contributed by atoms with E-state index in [1.807, 2.05) is 26.4 Å². The molecule has 0 bridgehead atoms. The smallest absolute Gasteiger partial charge is 0.249 e. The van der Waals surface area contributed by atoms with Gasteiger partial charge in [-0.2, -0.15) is 10.2 Å². The minimum Gasteiger partial charge on any atom is -0.307 e. The number of carbonyl (C=O) groups excluding carboxylic acids is 1. The second kappa shape index (κ2) is 6.17. The summed E-state index contributed by atoms with van der Waals surface area (Å²) in [6.45, 7) is 6.49. The monoisotopic (exact) mass is 301 g/mol. The number of anilines is 1. The molecule has 0 atom stereocenters. The molecule has 2 aromatic heterocycles. The van der Waals surface area contributed by atoms with Crippen molar-refractivity contribution in [1.82, 2.24) is 19.6 Å². The highest BCUT2D eigenvalue weighted by molar-refractivity contribution is 6.01. The van der Waals surface area contributed by atoms with Crippen LogP contribution in [0.1, 0.15) is 32.0 Å². The van der Waals surface area contributed by atoms with Crippen molar-refractivity contribution < 1.29 is 4.79 Å². The molecule has 2 aromatic rings. The van der Waals surface area contributed by atoms with Crippen molar-refractivity contribution in [3.05, 3.63) is 35.8 Å². The Hall–Kier alpha value is -2.37. The van der Waals surface area contributed by atoms with E-state index in [0.29, 0.717) is 5.82 Å². The Kier molecular flexibility index (Phi) is 4.49. The molecule has 22 heavy (non-hydrogen) atoms. The summed E-state index contributed by atoms with van der Waals surface area (Å²) in [7, 11) is 3.66. The van der Waals surface area contributed by atoms with E-state index in [-0.39, 0.29) is 11.3 Å². The predicted octanol–water partition coefficient (Wildman–Crippen LogP) is 2.39. The minimum absolute atomic E-state index is 0.163. The highest BCUT2D eigenvalue weighted by Crippen LogP contribution is 2.21. The topological polar surface area (TPSA) is 64.7 Å². The van der Waals surface area contributed by atoms with E-state index in [1.165, 1.54) is 6.08 Å². The van der Waals surface area contributed by atoms with Crippen molar-refractivity contribution in [3.8, 4) is 0 Å². The number of aryl methyl sites for hydroxylation is 2. The van der Waals surface area contributed by atoms with Crippen LogP contribution in [0.15, 0.2) is 24.5 Å². The highest BCUT2D eigenvalue weighted by Gasteiger charge is 2.15. The molecule has 0 aliphatic heterocycles. The second-order valence-corrected chi connectivity index (χ2v) is 6.65. The molecule has 2 heterocycles. The van der Waals surface area contributed by atoms with Gasteiger partial charge in [0, 0.05) is 38.0 Å². The van der Waals surface area contributed by atoms with Gasteiger partial charge in [-0.15, -0.1) is 0 Å². The fourth-order valence-electron chi connectivity index (χ4n) is 2.14. The highest BCUT2D eigenvalue weighted by atomic mass is 16.1. The largest absolute Gasteiger partial charge is 0.307 e. The first kappa shape index (κ1) is 16.0. The van der Waals surface area contributed by atoms with E-state index < -0.39 is 0 Å². The second-order valence-electron chi connectivity index (χ2n) is 6.65. The molecule has 1 amide bonds. The van der Waals surface area contributed by atoms with Gasteiger partial charge in [-0.05, 0) is 17.9 Å². The lowest BCUT2D eigenvalue weighted by Gasteiger charge is -2.15. The number of hydrogen-bond donors (Lipinski definition) is 1. The van der Waals surface area contributed by atoms with E-state index in [4.69, 9.17) is 0 Å². The summed E-state index contributed by atoms with van der Waals surface area (Å²) >= 11 is 0. The Balaban J connectivity index is 2.01. The fraction of sp³-hybridized carbons (Fsp3) is 0.438. The predicted molar refractivity (Wildman–Crippen MR) is 87.2 cm³/mol. The lowest BCUT2D eigenvalue weighted by molar-refractivity contribution is -0.111. The van der Waals surface area contributed by atoms with E-state index in [9.17, 15) is 4.79 Å². The van der Waals surface area contributed by atoms with Gasteiger partial charge in [0.25, 0.3) is 0 Å². The van der Waals surface area contributed by atoms with Gasteiger partial charge in [-0.3, -0.25) is 14.2 Å². The molecule has 0 aliphatic carbocycles. The summed E-state index contributed by atoms with van der Waals surface area (Å²) < 4.78 is 3.38. The van der Waals surface area contributed by atoms with Crippen LogP contribution in [-0.2, 0) is 25.3 Å². The standard InChI is InChI=1S/C16H23N5O/c1-16(2,3)9-13-8-14(21(5)19-13)18-15(22)7-6-12-10-17-20(4)11-12/h6-8,10-11H,9H2,1-5H3,(H,18,22). The zero-order valence-corrected chi connectivity index (χ0v) is 13.8. The molecule has 0 fully saturated rings. The normalized spacial score (nSPS) is 12.0. The van der Waals surface area contributed by atoms with E-state index in [1.54, 1.807) is 21.6 Å². The van der Waals surface area contributed by atoms with Crippen LogP contribution in [0, 0.1) is 5.41 Å². The van der Waals surface area contributed by atoms with Gasteiger partial charge in [-0.1, -0.05) is 20.8 Å². The molecule has 2 rings (SSSR count). The average Bonchev–Trinajstić information content (AvgIpc) is 2.92. The van der Waals surface area contributed by atoms with Gasteiger partial charge in [0.1, 0.15) is 5.82 Å². The van der Waals surface area contributed by atoms with Crippen molar-refractivity contribution in [1.29, 1.82) is 0 Å². The first-order valence-electron chi connectivity index (χ1n) is 7.23. The maximum Gasteiger partial charge on any atom is 0.249 e. The van der Waals surface area contributed by atoms with E-state index in [0.717, 1.165) is 17.7 Å². The minimum atomic E-state index is -0.186. The SMILES string of the molecule is Cn1cc(C=CC(=O)Nc2cc(CC(C)(C)C)nn2C)cn1. The van der Waals surface area contributed by atoms with Crippen LogP contribution >= 0.6 is 0 Å². The molecule has 0 saturated carbocycles. The zero-order valence-electron chi connectivity index (χ0n) is 13.8. The summed E-state index contributed by atoms with van der Waals surface area (Å²) in [6.07, 6.45) is 7.63. The Bertz CT molecular complexity index is 688. The van der Waals surface area contributed by atoms with Crippen LogP contribution in [0.3, 0.4) is 0 Å². The number of carbonyl (C=O) groups is 1. The molecule has 118 valence electrons.